The van der Waals surface area contributed by atoms with E-state index in [-0.39, 0.29) is 6.61 Å². The Morgan fingerprint density at radius 2 is 2.00 bits per heavy atom. The third-order valence-electron chi connectivity index (χ3n) is 6.65. The number of rotatable bonds is 7. The van der Waals surface area contributed by atoms with Crippen LogP contribution in [0.3, 0.4) is 0 Å². The Balaban J connectivity index is 1.29. The molecule has 1 aromatic heterocycles. The van der Waals surface area contributed by atoms with Crippen LogP contribution in [-0.4, -0.2) is 48.3 Å². The standard InChI is InChI=1S/C28H31ClN2O2/c1-33-26-11-12-28-27(18-26)23(13-15-30-28)6-2-5-22-14-17-31(19-24(22)20-32)16-3-4-21-7-9-25(29)10-8-21/h7-13,15,18,22,24,32H,2,5-6,14,16-17,19-20H2,1H3/t22-,24-/m1/s1. The number of ether oxygens (including phenoxy) is 1. The Hall–Kier alpha value is -2.58. The Bertz CT molecular complexity index is 1120. The van der Waals surface area contributed by atoms with E-state index in [1.807, 2.05) is 42.6 Å². The van der Waals surface area contributed by atoms with Crippen LogP contribution in [0.1, 0.15) is 30.4 Å². The fraction of sp³-hybridized carbons (Fsp3) is 0.393. The molecule has 2 aromatic carbocycles. The van der Waals surface area contributed by atoms with Gasteiger partial charge in [0.05, 0.1) is 19.2 Å². The number of piperidine rings is 1. The van der Waals surface area contributed by atoms with Crippen LogP contribution in [0.5, 0.6) is 5.75 Å². The number of fused-ring (bicyclic) bond motifs is 1. The molecule has 1 fully saturated rings. The van der Waals surface area contributed by atoms with Gasteiger partial charge in [0, 0.05) is 35.3 Å². The molecular weight excluding hydrogens is 432 g/mol. The summed E-state index contributed by atoms with van der Waals surface area (Å²) >= 11 is 5.93. The van der Waals surface area contributed by atoms with Gasteiger partial charge in [0.2, 0.25) is 0 Å². The molecule has 172 valence electrons. The van der Waals surface area contributed by atoms with E-state index in [1.165, 1.54) is 10.9 Å². The van der Waals surface area contributed by atoms with Crippen molar-refractivity contribution in [2.45, 2.75) is 25.7 Å². The Kier molecular flexibility index (Phi) is 8.23. The maximum absolute atomic E-state index is 10.0. The first kappa shape index (κ1) is 23.6. The molecule has 4 nitrogen and oxygen atoms in total. The molecule has 0 saturated carbocycles. The highest BCUT2D eigenvalue weighted by Gasteiger charge is 2.28. The van der Waals surface area contributed by atoms with E-state index in [4.69, 9.17) is 16.3 Å². The molecule has 1 saturated heterocycles. The summed E-state index contributed by atoms with van der Waals surface area (Å²) in [6.07, 6.45) is 6.25. The average Bonchev–Trinajstić information content (AvgIpc) is 2.85. The van der Waals surface area contributed by atoms with Gasteiger partial charge in [0.15, 0.2) is 0 Å². The van der Waals surface area contributed by atoms with E-state index in [9.17, 15) is 5.11 Å². The lowest BCUT2D eigenvalue weighted by atomic mass is 9.82. The fourth-order valence-electron chi connectivity index (χ4n) is 4.76. The number of nitrogens with zero attached hydrogens (tertiary/aromatic N) is 2. The summed E-state index contributed by atoms with van der Waals surface area (Å²) in [6, 6.07) is 15.8. The van der Waals surface area contributed by atoms with Gasteiger partial charge in [-0.05, 0) is 98.2 Å². The second kappa shape index (κ2) is 11.5. The van der Waals surface area contributed by atoms with E-state index in [1.54, 1.807) is 7.11 Å². The highest BCUT2D eigenvalue weighted by Crippen LogP contribution is 2.29. The summed E-state index contributed by atoms with van der Waals surface area (Å²) in [7, 11) is 1.70. The minimum Gasteiger partial charge on any atom is -0.497 e. The molecular formula is C28H31ClN2O2. The molecule has 1 aliphatic rings. The Morgan fingerprint density at radius 3 is 2.79 bits per heavy atom. The summed E-state index contributed by atoms with van der Waals surface area (Å²) in [5.74, 6) is 8.22. The highest BCUT2D eigenvalue weighted by atomic mass is 35.5. The molecule has 2 atom stereocenters. The van der Waals surface area contributed by atoms with E-state index >= 15 is 0 Å². The number of hydrogen-bond acceptors (Lipinski definition) is 4. The molecule has 2 heterocycles. The van der Waals surface area contributed by atoms with Crippen LogP contribution in [-0.2, 0) is 6.42 Å². The third kappa shape index (κ3) is 6.26. The molecule has 0 unspecified atom stereocenters. The summed E-state index contributed by atoms with van der Waals surface area (Å²) in [4.78, 5) is 6.85. The van der Waals surface area contributed by atoms with Gasteiger partial charge in [-0.1, -0.05) is 23.4 Å². The maximum Gasteiger partial charge on any atom is 0.119 e. The summed E-state index contributed by atoms with van der Waals surface area (Å²) in [5, 5.41) is 11.9. The van der Waals surface area contributed by atoms with Gasteiger partial charge in [0.25, 0.3) is 0 Å². The number of aromatic nitrogens is 1. The van der Waals surface area contributed by atoms with E-state index < -0.39 is 0 Å². The molecule has 0 amide bonds. The van der Waals surface area contributed by atoms with Crippen LogP contribution in [0.4, 0.5) is 0 Å². The van der Waals surface area contributed by atoms with Crippen molar-refractivity contribution in [2.75, 3.05) is 33.4 Å². The van der Waals surface area contributed by atoms with Crippen molar-refractivity contribution >= 4 is 22.5 Å². The number of halogens is 1. The number of aliphatic hydroxyl groups is 1. The van der Waals surface area contributed by atoms with Crippen LogP contribution < -0.4 is 4.74 Å². The lowest BCUT2D eigenvalue weighted by Gasteiger charge is -2.37. The van der Waals surface area contributed by atoms with Gasteiger partial charge < -0.3 is 9.84 Å². The van der Waals surface area contributed by atoms with Gasteiger partial charge in [-0.15, -0.1) is 0 Å². The summed E-state index contributed by atoms with van der Waals surface area (Å²) in [6.45, 7) is 2.91. The fourth-order valence-corrected chi connectivity index (χ4v) is 4.88. The van der Waals surface area contributed by atoms with Crippen molar-refractivity contribution in [2.24, 2.45) is 11.8 Å². The van der Waals surface area contributed by atoms with Gasteiger partial charge in [-0.3, -0.25) is 9.88 Å². The van der Waals surface area contributed by atoms with Crippen molar-refractivity contribution in [3.8, 4) is 17.6 Å². The number of benzene rings is 2. The van der Waals surface area contributed by atoms with Gasteiger partial charge >= 0.3 is 0 Å². The number of hydrogen-bond donors (Lipinski definition) is 1. The molecule has 3 aromatic rings. The van der Waals surface area contributed by atoms with E-state index in [0.29, 0.717) is 11.8 Å². The largest absolute Gasteiger partial charge is 0.497 e. The molecule has 33 heavy (non-hydrogen) atoms. The van der Waals surface area contributed by atoms with Gasteiger partial charge in [-0.2, -0.15) is 0 Å². The smallest absolute Gasteiger partial charge is 0.119 e. The van der Waals surface area contributed by atoms with Crippen LogP contribution in [0, 0.1) is 23.7 Å². The zero-order valence-corrected chi connectivity index (χ0v) is 19.9. The average molecular weight is 463 g/mol. The number of methoxy groups -OCH3 is 1. The maximum atomic E-state index is 10.0. The van der Waals surface area contributed by atoms with Crippen LogP contribution in [0.25, 0.3) is 10.9 Å². The minimum atomic E-state index is 0.237. The van der Waals surface area contributed by atoms with Gasteiger partial charge in [0.1, 0.15) is 5.75 Å². The van der Waals surface area contributed by atoms with Crippen LogP contribution in [0.2, 0.25) is 5.02 Å². The molecule has 0 radical (unpaired) electrons. The quantitative estimate of drug-likeness (QED) is 0.490. The predicted molar refractivity (Wildman–Crippen MR) is 135 cm³/mol. The molecule has 1 N–H and O–H groups in total. The van der Waals surface area contributed by atoms with Crippen molar-refractivity contribution in [3.05, 3.63) is 70.9 Å². The topological polar surface area (TPSA) is 45.6 Å². The monoisotopic (exact) mass is 462 g/mol. The molecule has 0 aliphatic carbocycles. The van der Waals surface area contributed by atoms with Gasteiger partial charge in [-0.25, -0.2) is 0 Å². The normalized spacial score (nSPS) is 18.6. The van der Waals surface area contributed by atoms with Crippen LogP contribution >= 0.6 is 11.6 Å². The molecule has 0 spiro atoms. The lowest BCUT2D eigenvalue weighted by molar-refractivity contribution is 0.0748. The molecule has 5 heteroatoms. The highest BCUT2D eigenvalue weighted by molar-refractivity contribution is 6.30. The first-order valence-corrected chi connectivity index (χ1v) is 12.0. The zero-order valence-electron chi connectivity index (χ0n) is 19.1. The first-order valence-electron chi connectivity index (χ1n) is 11.7. The van der Waals surface area contributed by atoms with E-state index in [2.05, 4.69) is 33.9 Å². The van der Waals surface area contributed by atoms with Crippen LogP contribution in [0.15, 0.2) is 54.7 Å². The predicted octanol–water partition coefficient (Wildman–Crippen LogP) is 5.20. The summed E-state index contributed by atoms with van der Waals surface area (Å²) in [5.41, 5.74) is 3.30. The number of pyridine rings is 1. The van der Waals surface area contributed by atoms with E-state index in [0.717, 1.165) is 67.2 Å². The third-order valence-corrected chi connectivity index (χ3v) is 6.90. The number of likely N-dealkylation sites (tertiary alicyclic amines) is 1. The minimum absolute atomic E-state index is 0.237. The SMILES string of the molecule is COc1ccc2nccc(CCC[C@@H]3CCN(CC#Cc4ccc(Cl)cc4)C[C@@H]3CO)c2c1. The molecule has 0 bridgehead atoms. The Labute approximate surface area is 201 Å². The first-order chi connectivity index (χ1) is 16.2. The van der Waals surface area contributed by atoms with Crippen molar-refractivity contribution in [3.63, 3.8) is 0 Å². The van der Waals surface area contributed by atoms with Crippen molar-refractivity contribution < 1.29 is 9.84 Å². The molecule has 1 aliphatic heterocycles. The van der Waals surface area contributed by atoms with Crippen molar-refractivity contribution in [1.82, 2.24) is 9.88 Å². The summed E-state index contributed by atoms with van der Waals surface area (Å²) < 4.78 is 5.40. The lowest BCUT2D eigenvalue weighted by Crippen LogP contribution is -2.42. The molecule has 4 rings (SSSR count). The number of aryl methyl sites for hydroxylation is 1. The second-order valence-corrected chi connectivity index (χ2v) is 9.22. The zero-order chi connectivity index (χ0) is 23.0. The van der Waals surface area contributed by atoms with Crippen molar-refractivity contribution in [1.29, 1.82) is 0 Å². The second-order valence-electron chi connectivity index (χ2n) is 8.78. The number of aliphatic hydroxyl groups excluding tert-OH is 1. The Morgan fingerprint density at radius 1 is 1.15 bits per heavy atom.